The van der Waals surface area contributed by atoms with Crippen LogP contribution in [0, 0.1) is 5.92 Å². The van der Waals surface area contributed by atoms with Crippen LogP contribution in [0.1, 0.15) is 39.5 Å². The molecule has 0 rings (SSSR count). The second-order valence-electron chi connectivity index (χ2n) is 3.32. The number of nitrogens with one attached hydrogen (secondary N) is 1. The lowest BCUT2D eigenvalue weighted by atomic mass is 10.0. The summed E-state index contributed by atoms with van der Waals surface area (Å²) in [4.78, 5) is 10.2. The van der Waals surface area contributed by atoms with Crippen molar-refractivity contribution in [1.29, 1.82) is 0 Å². The highest BCUT2D eigenvalue weighted by Crippen LogP contribution is 2.15. The van der Waals surface area contributed by atoms with Gasteiger partial charge in [-0.05, 0) is 12.3 Å². The predicted octanol–water partition coefficient (Wildman–Crippen LogP) is 3.04. The van der Waals surface area contributed by atoms with Gasteiger partial charge in [-0.2, -0.15) is 0 Å². The van der Waals surface area contributed by atoms with Gasteiger partial charge in [-0.15, -0.1) is 0 Å². The smallest absolute Gasteiger partial charge is 0.405 e. The molecule has 0 fully saturated rings. The summed E-state index contributed by atoms with van der Waals surface area (Å²) in [6, 6.07) is 0. The number of carbonyl (C=O) groups is 1. The lowest BCUT2D eigenvalue weighted by Crippen LogP contribution is -2.34. The van der Waals surface area contributed by atoms with Gasteiger partial charge in [0.05, 0.1) is 0 Å². The van der Waals surface area contributed by atoms with E-state index in [0.717, 1.165) is 12.8 Å². The Hall–Kier alpha value is -0.440. The fourth-order valence-electron chi connectivity index (χ4n) is 1.12. The van der Waals surface area contributed by atoms with Crippen molar-refractivity contribution < 1.29 is 9.90 Å². The quantitative estimate of drug-likeness (QED) is 0.400. The number of alkyl halides is 1. The van der Waals surface area contributed by atoms with E-state index in [-0.39, 0.29) is 5.92 Å². The van der Waals surface area contributed by atoms with E-state index in [0.29, 0.717) is 0 Å². The average molecular weight is 208 g/mol. The largest absolute Gasteiger partial charge is 0.465 e. The molecule has 4 heteroatoms. The standard InChI is InChI=1S/C9H18ClNO2/c1-3-4-5-6-7(2)8(10)11-9(12)13/h7-8,11H,3-6H2,1-2H3,(H,12,13). The summed E-state index contributed by atoms with van der Waals surface area (Å²) in [6.07, 6.45) is 3.39. The van der Waals surface area contributed by atoms with Gasteiger partial charge in [-0.25, -0.2) is 4.79 Å². The Labute approximate surface area is 84.5 Å². The zero-order valence-electron chi connectivity index (χ0n) is 8.22. The number of carboxylic acid groups (broad SMARTS) is 1. The Morgan fingerprint density at radius 2 is 2.15 bits per heavy atom. The van der Waals surface area contributed by atoms with Gasteiger partial charge in [-0.1, -0.05) is 44.7 Å². The van der Waals surface area contributed by atoms with Gasteiger partial charge in [0.2, 0.25) is 0 Å². The van der Waals surface area contributed by atoms with Crippen LogP contribution in [0.25, 0.3) is 0 Å². The molecule has 2 unspecified atom stereocenters. The van der Waals surface area contributed by atoms with Crippen LogP contribution in [0.5, 0.6) is 0 Å². The molecule has 0 radical (unpaired) electrons. The first-order valence-electron chi connectivity index (χ1n) is 4.71. The minimum atomic E-state index is -1.05. The summed E-state index contributed by atoms with van der Waals surface area (Å²) in [5.74, 6) is 0.198. The fraction of sp³-hybridized carbons (Fsp3) is 0.889. The molecule has 0 spiro atoms. The highest BCUT2D eigenvalue weighted by atomic mass is 35.5. The van der Waals surface area contributed by atoms with E-state index in [4.69, 9.17) is 16.7 Å². The molecular formula is C9H18ClNO2. The summed E-state index contributed by atoms with van der Waals surface area (Å²) < 4.78 is 0. The SMILES string of the molecule is CCCCCC(C)C(Cl)NC(=O)O. The lowest BCUT2D eigenvalue weighted by molar-refractivity contribution is 0.190. The highest BCUT2D eigenvalue weighted by molar-refractivity contribution is 6.21. The first-order valence-corrected chi connectivity index (χ1v) is 5.15. The molecule has 0 aromatic rings. The molecular weight excluding hydrogens is 190 g/mol. The van der Waals surface area contributed by atoms with E-state index in [9.17, 15) is 4.79 Å². The van der Waals surface area contributed by atoms with Crippen molar-refractivity contribution in [2.45, 2.75) is 45.0 Å². The van der Waals surface area contributed by atoms with Crippen molar-refractivity contribution in [1.82, 2.24) is 5.32 Å². The van der Waals surface area contributed by atoms with Gasteiger partial charge in [0.25, 0.3) is 0 Å². The van der Waals surface area contributed by atoms with E-state index in [1.54, 1.807) is 0 Å². The Kier molecular flexibility index (Phi) is 6.77. The van der Waals surface area contributed by atoms with Crippen molar-refractivity contribution in [3.05, 3.63) is 0 Å². The predicted molar refractivity (Wildman–Crippen MR) is 54.1 cm³/mol. The van der Waals surface area contributed by atoms with Gasteiger partial charge in [-0.3, -0.25) is 0 Å². The molecule has 0 aliphatic carbocycles. The van der Waals surface area contributed by atoms with Crippen LogP contribution < -0.4 is 5.32 Å². The number of rotatable bonds is 6. The molecule has 2 N–H and O–H groups in total. The molecule has 0 aromatic carbocycles. The second-order valence-corrected chi connectivity index (χ2v) is 3.79. The molecule has 0 heterocycles. The molecule has 78 valence electrons. The van der Waals surface area contributed by atoms with Gasteiger partial charge in [0.15, 0.2) is 0 Å². The van der Waals surface area contributed by atoms with E-state index in [1.807, 2.05) is 6.92 Å². The Morgan fingerprint density at radius 3 is 2.62 bits per heavy atom. The monoisotopic (exact) mass is 207 g/mol. The number of unbranched alkanes of at least 4 members (excludes halogenated alkanes) is 2. The minimum absolute atomic E-state index is 0.198. The van der Waals surface area contributed by atoms with Crippen LogP contribution in [0.15, 0.2) is 0 Å². The minimum Gasteiger partial charge on any atom is -0.465 e. The Morgan fingerprint density at radius 1 is 1.54 bits per heavy atom. The summed E-state index contributed by atoms with van der Waals surface area (Å²) >= 11 is 5.81. The number of hydrogen-bond acceptors (Lipinski definition) is 1. The highest BCUT2D eigenvalue weighted by Gasteiger charge is 2.15. The van der Waals surface area contributed by atoms with Crippen LogP contribution in [-0.2, 0) is 0 Å². The lowest BCUT2D eigenvalue weighted by Gasteiger charge is -2.17. The van der Waals surface area contributed by atoms with Crippen LogP contribution in [0.2, 0.25) is 0 Å². The number of halogens is 1. The molecule has 13 heavy (non-hydrogen) atoms. The molecule has 1 amide bonds. The van der Waals surface area contributed by atoms with E-state index < -0.39 is 11.6 Å². The van der Waals surface area contributed by atoms with Crippen molar-refractivity contribution in [3.63, 3.8) is 0 Å². The van der Waals surface area contributed by atoms with E-state index in [2.05, 4.69) is 12.2 Å². The molecule has 0 saturated heterocycles. The van der Waals surface area contributed by atoms with E-state index >= 15 is 0 Å². The third kappa shape index (κ3) is 6.70. The van der Waals surface area contributed by atoms with Gasteiger partial charge >= 0.3 is 6.09 Å². The first-order chi connectivity index (χ1) is 6.07. The molecule has 0 saturated carbocycles. The maximum absolute atomic E-state index is 10.2. The van der Waals surface area contributed by atoms with Crippen LogP contribution in [0.3, 0.4) is 0 Å². The first kappa shape index (κ1) is 12.6. The molecule has 3 nitrogen and oxygen atoms in total. The molecule has 0 aliphatic heterocycles. The topological polar surface area (TPSA) is 49.3 Å². The molecule has 0 aromatic heterocycles. The number of amides is 1. The maximum Gasteiger partial charge on any atom is 0.405 e. The summed E-state index contributed by atoms with van der Waals surface area (Å²) in [5.41, 5.74) is -0.464. The van der Waals surface area contributed by atoms with Crippen molar-refractivity contribution in [2.75, 3.05) is 0 Å². The zero-order valence-corrected chi connectivity index (χ0v) is 8.97. The third-order valence-electron chi connectivity index (χ3n) is 2.02. The summed E-state index contributed by atoms with van der Waals surface area (Å²) in [6.45, 7) is 4.10. The summed E-state index contributed by atoms with van der Waals surface area (Å²) in [5, 5.41) is 10.7. The Balaban J connectivity index is 3.56. The Bertz CT molecular complexity index is 153. The number of hydrogen-bond donors (Lipinski definition) is 2. The van der Waals surface area contributed by atoms with Crippen LogP contribution in [-0.4, -0.2) is 16.7 Å². The molecule has 0 bridgehead atoms. The third-order valence-corrected chi connectivity index (χ3v) is 2.56. The summed E-state index contributed by atoms with van der Waals surface area (Å²) in [7, 11) is 0. The van der Waals surface area contributed by atoms with Crippen molar-refractivity contribution >= 4 is 17.7 Å². The average Bonchev–Trinajstić information content (AvgIpc) is 2.03. The van der Waals surface area contributed by atoms with Gasteiger partial charge < -0.3 is 10.4 Å². The zero-order chi connectivity index (χ0) is 10.3. The second kappa shape index (κ2) is 7.01. The van der Waals surface area contributed by atoms with Crippen LogP contribution in [0.4, 0.5) is 4.79 Å². The normalized spacial score (nSPS) is 15.0. The molecule has 0 aliphatic rings. The van der Waals surface area contributed by atoms with Crippen molar-refractivity contribution in [3.8, 4) is 0 Å². The van der Waals surface area contributed by atoms with Gasteiger partial charge in [0, 0.05) is 0 Å². The van der Waals surface area contributed by atoms with E-state index in [1.165, 1.54) is 12.8 Å². The van der Waals surface area contributed by atoms with Gasteiger partial charge in [0.1, 0.15) is 5.50 Å². The van der Waals surface area contributed by atoms with Crippen LogP contribution >= 0.6 is 11.6 Å². The molecule has 2 atom stereocenters. The maximum atomic E-state index is 10.2. The fourth-order valence-corrected chi connectivity index (χ4v) is 1.34. The van der Waals surface area contributed by atoms with Crippen molar-refractivity contribution in [2.24, 2.45) is 5.92 Å².